The first kappa shape index (κ1) is 14.5. The molecule has 0 spiro atoms. The predicted molar refractivity (Wildman–Crippen MR) is 69.4 cm³/mol. The maximum Gasteiger partial charge on any atom is 0.251 e. The van der Waals surface area contributed by atoms with Crippen LogP contribution in [-0.4, -0.2) is 41.5 Å². The van der Waals surface area contributed by atoms with Crippen molar-refractivity contribution in [3.8, 4) is 0 Å². The van der Waals surface area contributed by atoms with Crippen molar-refractivity contribution in [3.05, 3.63) is 29.3 Å². The Kier molecular flexibility index (Phi) is 5.12. The number of amides is 2. The minimum atomic E-state index is -1.12. The molecule has 0 aliphatic heterocycles. The summed E-state index contributed by atoms with van der Waals surface area (Å²) >= 11 is 5.78. The maximum absolute atomic E-state index is 11.6. The van der Waals surface area contributed by atoms with E-state index in [1.54, 1.807) is 24.3 Å². The fourth-order valence-corrected chi connectivity index (χ4v) is 1.57. The first-order valence-electron chi connectivity index (χ1n) is 5.38. The molecular formula is C12H15ClN2O3. The van der Waals surface area contributed by atoms with E-state index in [9.17, 15) is 9.59 Å². The number of benzene rings is 1. The highest BCUT2D eigenvalue weighted by Gasteiger charge is 2.17. The molecule has 6 heteroatoms. The molecule has 0 bridgehead atoms. The number of aliphatic hydroxyl groups excluding tert-OH is 1. The van der Waals surface area contributed by atoms with E-state index in [0.29, 0.717) is 10.7 Å². The molecule has 0 heterocycles. The lowest BCUT2D eigenvalue weighted by Gasteiger charge is -2.18. The Morgan fingerprint density at radius 1 is 1.50 bits per heavy atom. The van der Waals surface area contributed by atoms with Gasteiger partial charge in [0.15, 0.2) is 0 Å². The second kappa shape index (κ2) is 6.37. The number of anilines is 1. The van der Waals surface area contributed by atoms with Crippen LogP contribution in [0.2, 0.25) is 5.02 Å². The highest BCUT2D eigenvalue weighted by molar-refractivity contribution is 6.30. The van der Waals surface area contributed by atoms with Gasteiger partial charge in [0, 0.05) is 17.8 Å². The van der Waals surface area contributed by atoms with Crippen LogP contribution < -0.4 is 5.32 Å². The fourth-order valence-electron chi connectivity index (χ4n) is 1.38. The molecule has 0 saturated heterocycles. The smallest absolute Gasteiger partial charge is 0.251 e. The Morgan fingerprint density at radius 3 is 2.72 bits per heavy atom. The van der Waals surface area contributed by atoms with Crippen molar-refractivity contribution in [1.82, 2.24) is 4.90 Å². The molecule has 1 aromatic rings. The van der Waals surface area contributed by atoms with E-state index >= 15 is 0 Å². The number of nitrogens with one attached hydrogen (secondary N) is 1. The Hall–Kier alpha value is -1.59. The zero-order chi connectivity index (χ0) is 13.7. The van der Waals surface area contributed by atoms with Crippen molar-refractivity contribution in [1.29, 1.82) is 0 Å². The SMILES string of the molecule is CC(O)C(=O)N(C)CC(=O)Nc1cccc(Cl)c1. The van der Waals surface area contributed by atoms with Gasteiger partial charge in [-0.05, 0) is 25.1 Å². The first-order chi connectivity index (χ1) is 8.40. The Bertz CT molecular complexity index is 449. The molecule has 0 radical (unpaired) electrons. The standard InChI is InChI=1S/C12H15ClN2O3/c1-8(16)12(18)15(2)7-11(17)14-10-5-3-4-9(13)6-10/h3-6,8,16H,7H2,1-2H3,(H,14,17). The van der Waals surface area contributed by atoms with Crippen LogP contribution in [0.5, 0.6) is 0 Å². The number of carbonyl (C=O) groups excluding carboxylic acids is 2. The summed E-state index contributed by atoms with van der Waals surface area (Å²) in [6.07, 6.45) is -1.12. The number of hydrogen-bond donors (Lipinski definition) is 2. The molecule has 0 aromatic heterocycles. The molecule has 2 amide bonds. The maximum atomic E-state index is 11.6. The van der Waals surface area contributed by atoms with Crippen LogP contribution in [0.15, 0.2) is 24.3 Å². The van der Waals surface area contributed by atoms with Gasteiger partial charge in [0.1, 0.15) is 6.10 Å². The number of hydrogen-bond acceptors (Lipinski definition) is 3. The summed E-state index contributed by atoms with van der Waals surface area (Å²) in [7, 11) is 1.45. The summed E-state index contributed by atoms with van der Waals surface area (Å²) in [4.78, 5) is 24.1. The summed E-state index contributed by atoms with van der Waals surface area (Å²) in [6, 6.07) is 6.71. The van der Waals surface area contributed by atoms with Gasteiger partial charge >= 0.3 is 0 Å². The topological polar surface area (TPSA) is 69.6 Å². The average molecular weight is 271 g/mol. The van der Waals surface area contributed by atoms with E-state index in [4.69, 9.17) is 16.7 Å². The van der Waals surface area contributed by atoms with Crippen molar-refractivity contribution in [2.75, 3.05) is 18.9 Å². The van der Waals surface area contributed by atoms with Crippen molar-refractivity contribution in [3.63, 3.8) is 0 Å². The monoisotopic (exact) mass is 270 g/mol. The molecule has 1 rings (SSSR count). The zero-order valence-corrected chi connectivity index (χ0v) is 10.9. The van der Waals surface area contributed by atoms with Gasteiger partial charge in [-0.25, -0.2) is 0 Å². The van der Waals surface area contributed by atoms with Crippen LogP contribution in [-0.2, 0) is 9.59 Å². The molecule has 0 aliphatic rings. The minimum Gasteiger partial charge on any atom is -0.384 e. The van der Waals surface area contributed by atoms with E-state index in [1.807, 2.05) is 0 Å². The summed E-state index contributed by atoms with van der Waals surface area (Å²) in [5.74, 6) is -0.856. The van der Waals surface area contributed by atoms with Gasteiger partial charge in [-0.1, -0.05) is 17.7 Å². The van der Waals surface area contributed by atoms with Crippen LogP contribution in [0.3, 0.4) is 0 Å². The quantitative estimate of drug-likeness (QED) is 0.861. The van der Waals surface area contributed by atoms with Crippen LogP contribution in [0, 0.1) is 0 Å². The number of aliphatic hydroxyl groups is 1. The number of carbonyl (C=O) groups is 2. The highest BCUT2D eigenvalue weighted by atomic mass is 35.5. The Morgan fingerprint density at radius 2 is 2.17 bits per heavy atom. The van der Waals surface area contributed by atoms with E-state index in [2.05, 4.69) is 5.32 Å². The molecule has 1 aromatic carbocycles. The largest absolute Gasteiger partial charge is 0.384 e. The van der Waals surface area contributed by atoms with Gasteiger partial charge in [0.2, 0.25) is 5.91 Å². The third-order valence-electron chi connectivity index (χ3n) is 2.22. The summed E-state index contributed by atoms with van der Waals surface area (Å²) in [5.41, 5.74) is 0.561. The minimum absolute atomic E-state index is 0.129. The lowest BCUT2D eigenvalue weighted by atomic mass is 10.3. The van der Waals surface area contributed by atoms with E-state index in [0.717, 1.165) is 4.90 Å². The second-order valence-corrected chi connectivity index (χ2v) is 4.37. The first-order valence-corrected chi connectivity index (χ1v) is 5.76. The lowest BCUT2D eigenvalue weighted by Crippen LogP contribution is -2.39. The highest BCUT2D eigenvalue weighted by Crippen LogP contribution is 2.14. The van der Waals surface area contributed by atoms with Gasteiger partial charge < -0.3 is 15.3 Å². The van der Waals surface area contributed by atoms with Crippen molar-refractivity contribution in [2.24, 2.45) is 0 Å². The summed E-state index contributed by atoms with van der Waals surface area (Å²) < 4.78 is 0. The zero-order valence-electron chi connectivity index (χ0n) is 10.2. The van der Waals surface area contributed by atoms with E-state index < -0.39 is 12.0 Å². The van der Waals surface area contributed by atoms with Crippen LogP contribution >= 0.6 is 11.6 Å². The van der Waals surface area contributed by atoms with E-state index in [-0.39, 0.29) is 12.5 Å². The van der Waals surface area contributed by atoms with Crippen molar-refractivity contribution < 1.29 is 14.7 Å². The van der Waals surface area contributed by atoms with Gasteiger partial charge in [-0.3, -0.25) is 9.59 Å². The van der Waals surface area contributed by atoms with Crippen molar-refractivity contribution >= 4 is 29.1 Å². The lowest BCUT2D eigenvalue weighted by molar-refractivity contribution is -0.140. The molecule has 0 aliphatic carbocycles. The van der Waals surface area contributed by atoms with Crippen LogP contribution in [0.1, 0.15) is 6.92 Å². The number of rotatable bonds is 4. The Labute approximate surface area is 110 Å². The van der Waals surface area contributed by atoms with Gasteiger partial charge in [0.05, 0.1) is 6.54 Å². The molecule has 1 unspecified atom stereocenters. The third kappa shape index (κ3) is 4.35. The van der Waals surface area contributed by atoms with E-state index in [1.165, 1.54) is 14.0 Å². The molecular weight excluding hydrogens is 256 g/mol. The molecule has 1 atom stereocenters. The molecule has 98 valence electrons. The number of halogens is 1. The summed E-state index contributed by atoms with van der Waals surface area (Å²) in [6.45, 7) is 1.23. The number of nitrogens with zero attached hydrogens (tertiary/aromatic N) is 1. The normalized spacial score (nSPS) is 11.8. The molecule has 18 heavy (non-hydrogen) atoms. The summed E-state index contributed by atoms with van der Waals surface area (Å²) in [5, 5.41) is 12.2. The van der Waals surface area contributed by atoms with Crippen LogP contribution in [0.25, 0.3) is 0 Å². The van der Waals surface area contributed by atoms with Gasteiger partial charge in [-0.2, -0.15) is 0 Å². The van der Waals surface area contributed by atoms with Gasteiger partial charge in [0.25, 0.3) is 5.91 Å². The molecule has 2 N–H and O–H groups in total. The fraction of sp³-hybridized carbons (Fsp3) is 0.333. The Balaban J connectivity index is 2.54. The predicted octanol–water partition coefficient (Wildman–Crippen LogP) is 1.12. The average Bonchev–Trinajstić information content (AvgIpc) is 2.27. The molecule has 0 saturated carbocycles. The van der Waals surface area contributed by atoms with Crippen LogP contribution in [0.4, 0.5) is 5.69 Å². The molecule has 5 nitrogen and oxygen atoms in total. The third-order valence-corrected chi connectivity index (χ3v) is 2.46. The van der Waals surface area contributed by atoms with Crippen molar-refractivity contribution in [2.45, 2.75) is 13.0 Å². The molecule has 0 fully saturated rings. The number of likely N-dealkylation sites (N-methyl/N-ethyl adjacent to an activating group) is 1. The second-order valence-electron chi connectivity index (χ2n) is 3.93. The van der Waals surface area contributed by atoms with Gasteiger partial charge in [-0.15, -0.1) is 0 Å².